The minimum Gasteiger partial charge on any atom is -0.492 e. The van der Waals surface area contributed by atoms with Gasteiger partial charge in [0.1, 0.15) is 12.4 Å². The molecule has 1 rings (SSSR count). The molecule has 0 aliphatic heterocycles. The Hall–Kier alpha value is -0.400. The second kappa shape index (κ2) is 5.36. The Morgan fingerprint density at radius 1 is 1.23 bits per heavy atom. The van der Waals surface area contributed by atoms with Crippen LogP contribution in [-0.4, -0.2) is 17.4 Å². The third-order valence-electron chi connectivity index (χ3n) is 1.65. The van der Waals surface area contributed by atoms with Gasteiger partial charge in [-0.1, -0.05) is 18.2 Å². The number of benzene rings is 1. The second-order valence-corrected chi connectivity index (χ2v) is 4.07. The van der Waals surface area contributed by atoms with E-state index in [-0.39, 0.29) is 10.8 Å². The van der Waals surface area contributed by atoms with Crippen molar-refractivity contribution in [3.8, 4) is 5.75 Å². The van der Waals surface area contributed by atoms with Crippen molar-refractivity contribution in [1.29, 1.82) is 0 Å². The summed E-state index contributed by atoms with van der Waals surface area (Å²) in [5.74, 6) is 0.825. The van der Waals surface area contributed by atoms with Crippen LogP contribution in [-0.2, 0) is 0 Å². The molecule has 2 unspecified atom stereocenters. The van der Waals surface area contributed by atoms with Gasteiger partial charge >= 0.3 is 0 Å². The SMILES string of the molecule is CC(Cl)C(Cl)COc1ccccc1. The van der Waals surface area contributed by atoms with Crippen molar-refractivity contribution in [1.82, 2.24) is 0 Å². The first kappa shape index (κ1) is 10.7. The molecule has 0 fully saturated rings. The standard InChI is InChI=1S/C10H12Cl2O/c1-8(11)10(12)7-13-9-5-3-2-4-6-9/h2-6,8,10H,7H2,1H3. The van der Waals surface area contributed by atoms with Gasteiger partial charge in [0, 0.05) is 0 Å². The van der Waals surface area contributed by atoms with E-state index in [1.54, 1.807) is 0 Å². The first-order chi connectivity index (χ1) is 6.20. The molecule has 0 saturated carbocycles. The maximum absolute atomic E-state index is 5.91. The number of alkyl halides is 2. The predicted molar refractivity (Wildman–Crippen MR) is 56.9 cm³/mol. The molecule has 0 heterocycles. The van der Waals surface area contributed by atoms with E-state index in [0.717, 1.165) is 5.75 Å². The average Bonchev–Trinajstić information content (AvgIpc) is 2.15. The molecule has 0 amide bonds. The Labute approximate surface area is 88.6 Å². The van der Waals surface area contributed by atoms with Gasteiger partial charge in [-0.3, -0.25) is 0 Å². The summed E-state index contributed by atoms with van der Waals surface area (Å²) in [6.07, 6.45) is 0. The van der Waals surface area contributed by atoms with Crippen LogP contribution in [0.25, 0.3) is 0 Å². The highest BCUT2D eigenvalue weighted by Crippen LogP contribution is 2.13. The van der Waals surface area contributed by atoms with Crippen LogP contribution in [0, 0.1) is 0 Å². The summed E-state index contributed by atoms with van der Waals surface area (Å²) in [5, 5.41) is -0.229. The Bertz CT molecular complexity index is 236. The molecular formula is C10H12Cl2O. The van der Waals surface area contributed by atoms with E-state index in [9.17, 15) is 0 Å². The second-order valence-electron chi connectivity index (χ2n) is 2.82. The van der Waals surface area contributed by atoms with Crippen molar-refractivity contribution < 1.29 is 4.74 Å². The van der Waals surface area contributed by atoms with E-state index in [0.29, 0.717) is 6.61 Å². The van der Waals surface area contributed by atoms with Crippen molar-refractivity contribution in [2.45, 2.75) is 17.7 Å². The normalized spacial score (nSPS) is 15.0. The maximum Gasteiger partial charge on any atom is 0.119 e. The van der Waals surface area contributed by atoms with E-state index < -0.39 is 0 Å². The quantitative estimate of drug-likeness (QED) is 0.706. The third kappa shape index (κ3) is 3.88. The Balaban J connectivity index is 2.35. The zero-order valence-electron chi connectivity index (χ0n) is 7.41. The Morgan fingerprint density at radius 2 is 1.85 bits per heavy atom. The topological polar surface area (TPSA) is 9.23 Å². The van der Waals surface area contributed by atoms with Gasteiger partial charge in [0.15, 0.2) is 0 Å². The molecule has 1 nitrogen and oxygen atoms in total. The van der Waals surface area contributed by atoms with Crippen LogP contribution in [0.5, 0.6) is 5.75 Å². The summed E-state index contributed by atoms with van der Waals surface area (Å²) in [6.45, 7) is 2.30. The minimum absolute atomic E-state index is 0.0784. The van der Waals surface area contributed by atoms with Gasteiger partial charge in [0.05, 0.1) is 10.8 Å². The first-order valence-corrected chi connectivity index (χ1v) is 5.03. The lowest BCUT2D eigenvalue weighted by molar-refractivity contribution is 0.314. The lowest BCUT2D eigenvalue weighted by Crippen LogP contribution is -2.19. The molecule has 0 bridgehead atoms. The van der Waals surface area contributed by atoms with E-state index in [4.69, 9.17) is 27.9 Å². The lowest BCUT2D eigenvalue weighted by Gasteiger charge is -2.12. The average molecular weight is 219 g/mol. The molecule has 1 aromatic rings. The largest absolute Gasteiger partial charge is 0.492 e. The van der Waals surface area contributed by atoms with Gasteiger partial charge in [-0.25, -0.2) is 0 Å². The van der Waals surface area contributed by atoms with Crippen LogP contribution in [0.2, 0.25) is 0 Å². The smallest absolute Gasteiger partial charge is 0.119 e. The number of para-hydroxylation sites is 1. The van der Waals surface area contributed by atoms with Gasteiger partial charge in [0.2, 0.25) is 0 Å². The van der Waals surface area contributed by atoms with Gasteiger partial charge in [-0.05, 0) is 19.1 Å². The highest BCUT2D eigenvalue weighted by molar-refractivity contribution is 6.29. The van der Waals surface area contributed by atoms with Crippen molar-refractivity contribution in [3.05, 3.63) is 30.3 Å². The summed E-state index contributed by atoms with van der Waals surface area (Å²) < 4.78 is 5.41. The van der Waals surface area contributed by atoms with Gasteiger partial charge in [-0.2, -0.15) is 0 Å². The van der Waals surface area contributed by atoms with Crippen LogP contribution in [0.1, 0.15) is 6.92 Å². The molecule has 0 spiro atoms. The molecule has 13 heavy (non-hydrogen) atoms. The van der Waals surface area contributed by atoms with Crippen molar-refractivity contribution in [3.63, 3.8) is 0 Å². The molecule has 2 atom stereocenters. The monoisotopic (exact) mass is 218 g/mol. The number of halogens is 2. The fourth-order valence-corrected chi connectivity index (χ4v) is 0.961. The molecule has 0 aromatic heterocycles. The van der Waals surface area contributed by atoms with Crippen LogP contribution >= 0.6 is 23.2 Å². The molecule has 0 aliphatic rings. The summed E-state index contributed by atoms with van der Waals surface area (Å²) in [5.41, 5.74) is 0. The molecule has 0 aliphatic carbocycles. The number of hydrogen-bond donors (Lipinski definition) is 0. The van der Waals surface area contributed by atoms with E-state index in [1.807, 2.05) is 37.3 Å². The zero-order valence-corrected chi connectivity index (χ0v) is 8.92. The highest BCUT2D eigenvalue weighted by Gasteiger charge is 2.11. The number of hydrogen-bond acceptors (Lipinski definition) is 1. The predicted octanol–water partition coefficient (Wildman–Crippen LogP) is 3.30. The first-order valence-electron chi connectivity index (χ1n) is 4.16. The fourth-order valence-electron chi connectivity index (χ4n) is 0.825. The maximum atomic E-state index is 5.91. The summed E-state index contributed by atoms with van der Waals surface area (Å²) in [6, 6.07) is 9.56. The van der Waals surface area contributed by atoms with Gasteiger partial charge < -0.3 is 4.74 Å². The molecule has 72 valence electrons. The minimum atomic E-state index is -0.151. The Kier molecular flexibility index (Phi) is 4.40. The van der Waals surface area contributed by atoms with Crippen molar-refractivity contribution in [2.24, 2.45) is 0 Å². The molecule has 0 N–H and O–H groups in total. The van der Waals surface area contributed by atoms with E-state index >= 15 is 0 Å². The van der Waals surface area contributed by atoms with Crippen LogP contribution in [0.15, 0.2) is 30.3 Å². The lowest BCUT2D eigenvalue weighted by atomic mass is 10.3. The van der Waals surface area contributed by atoms with Gasteiger partial charge in [-0.15, -0.1) is 23.2 Å². The molecular weight excluding hydrogens is 207 g/mol. The van der Waals surface area contributed by atoms with Crippen LogP contribution < -0.4 is 4.74 Å². The molecule has 3 heteroatoms. The van der Waals surface area contributed by atoms with Crippen molar-refractivity contribution in [2.75, 3.05) is 6.61 Å². The highest BCUT2D eigenvalue weighted by atomic mass is 35.5. The van der Waals surface area contributed by atoms with Crippen LogP contribution in [0.4, 0.5) is 0 Å². The Morgan fingerprint density at radius 3 is 2.38 bits per heavy atom. The van der Waals surface area contributed by atoms with E-state index in [1.165, 1.54) is 0 Å². The summed E-state index contributed by atoms with van der Waals surface area (Å²) in [7, 11) is 0. The van der Waals surface area contributed by atoms with Crippen molar-refractivity contribution >= 4 is 23.2 Å². The summed E-state index contributed by atoms with van der Waals surface area (Å²) >= 11 is 11.7. The van der Waals surface area contributed by atoms with Crippen LogP contribution in [0.3, 0.4) is 0 Å². The van der Waals surface area contributed by atoms with E-state index in [2.05, 4.69) is 0 Å². The third-order valence-corrected chi connectivity index (χ3v) is 2.59. The number of rotatable bonds is 4. The van der Waals surface area contributed by atoms with Gasteiger partial charge in [0.25, 0.3) is 0 Å². The fraction of sp³-hybridized carbons (Fsp3) is 0.400. The molecule has 0 saturated heterocycles. The summed E-state index contributed by atoms with van der Waals surface area (Å²) in [4.78, 5) is 0. The zero-order chi connectivity index (χ0) is 9.68. The molecule has 1 aromatic carbocycles. The number of ether oxygens (including phenoxy) is 1. The molecule has 0 radical (unpaired) electrons.